The molecular weight excluding hydrogens is 663 g/mol. The molecule has 0 saturated heterocycles. The molecule has 2 aliphatic rings. The molecule has 0 N–H and O–H groups in total. The minimum atomic E-state index is -0.654. The Balaban J connectivity index is 1.17. The van der Waals surface area contributed by atoms with E-state index in [0.717, 1.165) is 78.3 Å². The van der Waals surface area contributed by atoms with Gasteiger partial charge in [0.2, 0.25) is 0 Å². The summed E-state index contributed by atoms with van der Waals surface area (Å²) >= 11 is 0. The molecule has 11 rings (SSSR count). The fraction of sp³-hybridized carbons (Fsp3) is 0.0208. The summed E-state index contributed by atoms with van der Waals surface area (Å²) in [7, 11) is 0. The van der Waals surface area contributed by atoms with Gasteiger partial charge in [0, 0.05) is 33.4 Å². The summed E-state index contributed by atoms with van der Waals surface area (Å²) in [6, 6.07) is 58.3. The Kier molecular flexibility index (Phi) is 6.67. The predicted molar refractivity (Wildman–Crippen MR) is 212 cm³/mol. The Bertz CT molecular complexity index is 2820. The molecule has 0 bridgehead atoms. The van der Waals surface area contributed by atoms with Crippen LogP contribution in [-0.2, 0) is 5.41 Å². The molecule has 0 amide bonds. The molecule has 9 aromatic rings. The zero-order valence-electron chi connectivity index (χ0n) is 28.9. The molecule has 0 saturated carbocycles. The van der Waals surface area contributed by atoms with Crippen molar-refractivity contribution in [2.45, 2.75) is 5.41 Å². The molecule has 0 fully saturated rings. The Hall–Kier alpha value is -7.31. The highest BCUT2D eigenvalue weighted by Gasteiger charge is 2.51. The zero-order valence-corrected chi connectivity index (χ0v) is 28.9. The van der Waals surface area contributed by atoms with Gasteiger partial charge in [-0.3, -0.25) is 4.98 Å². The number of hydrogen-bond acceptors (Lipinski definition) is 6. The van der Waals surface area contributed by atoms with Crippen LogP contribution in [0, 0.1) is 0 Å². The maximum atomic E-state index is 6.61. The fourth-order valence-corrected chi connectivity index (χ4v) is 8.24. The SMILES string of the molecule is c1ccc(-c2nc(-c3ccccc3)nc(-c3ccc4c(c3)-c3ccc(-c5cnc6ccccc6n5)cc3C43c4ccccc4Oc4ccccc43)n2)cc1. The molecule has 0 radical (unpaired) electrons. The number of fused-ring (bicyclic) bond motifs is 10. The van der Waals surface area contributed by atoms with Crippen LogP contribution < -0.4 is 4.74 Å². The second kappa shape index (κ2) is 11.9. The van der Waals surface area contributed by atoms with Crippen molar-refractivity contribution in [2.75, 3.05) is 0 Å². The molecule has 7 aromatic carbocycles. The fourth-order valence-electron chi connectivity index (χ4n) is 8.24. The summed E-state index contributed by atoms with van der Waals surface area (Å²) in [5, 5.41) is 0. The standard InChI is InChI=1S/C48H29N5O/c1-3-13-30(14-4-1)45-51-46(31-15-5-2-6-16-31)53-47(52-45)33-24-26-36-35(27-33)34-25-23-32(42-29-49-40-19-9-10-20-41(40)50-42)28-39(34)48(36)37-17-7-11-21-43(37)54-44-22-12-8-18-38(44)48/h1-29H. The van der Waals surface area contributed by atoms with Crippen molar-refractivity contribution < 1.29 is 4.74 Å². The van der Waals surface area contributed by atoms with Gasteiger partial charge < -0.3 is 4.74 Å². The molecule has 6 heteroatoms. The molecule has 1 aliphatic heterocycles. The number of hydrogen-bond donors (Lipinski definition) is 0. The van der Waals surface area contributed by atoms with E-state index in [1.165, 1.54) is 5.56 Å². The Morgan fingerprint density at radius 2 is 0.926 bits per heavy atom. The lowest BCUT2D eigenvalue weighted by Crippen LogP contribution is -2.32. The molecule has 3 heterocycles. The van der Waals surface area contributed by atoms with Crippen LogP contribution in [0.1, 0.15) is 22.3 Å². The maximum absolute atomic E-state index is 6.61. The average Bonchev–Trinajstić information content (AvgIpc) is 3.53. The predicted octanol–water partition coefficient (Wildman–Crippen LogP) is 11.0. The Morgan fingerprint density at radius 1 is 0.370 bits per heavy atom. The maximum Gasteiger partial charge on any atom is 0.164 e. The van der Waals surface area contributed by atoms with Crippen molar-refractivity contribution in [3.05, 3.63) is 198 Å². The molecule has 0 unspecified atom stereocenters. The zero-order chi connectivity index (χ0) is 35.6. The lowest BCUT2D eigenvalue weighted by molar-refractivity contribution is 0.436. The topological polar surface area (TPSA) is 73.7 Å². The van der Waals surface area contributed by atoms with E-state index in [4.69, 9.17) is 29.7 Å². The molecule has 0 atom stereocenters. The molecule has 1 spiro atoms. The summed E-state index contributed by atoms with van der Waals surface area (Å²) in [5.41, 5.74) is 12.5. The summed E-state index contributed by atoms with van der Waals surface area (Å²) in [4.78, 5) is 24.9. The van der Waals surface area contributed by atoms with Gasteiger partial charge in [-0.2, -0.15) is 0 Å². The van der Waals surface area contributed by atoms with Gasteiger partial charge in [-0.1, -0.05) is 133 Å². The number of para-hydroxylation sites is 4. The van der Waals surface area contributed by atoms with Crippen molar-refractivity contribution in [1.82, 2.24) is 24.9 Å². The third kappa shape index (κ3) is 4.57. The molecule has 1 aliphatic carbocycles. The van der Waals surface area contributed by atoms with Gasteiger partial charge in [0.25, 0.3) is 0 Å². The van der Waals surface area contributed by atoms with E-state index >= 15 is 0 Å². The third-order valence-electron chi connectivity index (χ3n) is 10.6. The van der Waals surface area contributed by atoms with E-state index in [1.54, 1.807) is 0 Å². The van der Waals surface area contributed by atoms with E-state index < -0.39 is 5.41 Å². The summed E-state index contributed by atoms with van der Waals surface area (Å²) in [5.74, 6) is 3.55. The number of aromatic nitrogens is 5. The van der Waals surface area contributed by atoms with Crippen LogP contribution in [0.3, 0.4) is 0 Å². The van der Waals surface area contributed by atoms with E-state index in [0.29, 0.717) is 17.5 Å². The molecule has 252 valence electrons. The van der Waals surface area contributed by atoms with E-state index in [9.17, 15) is 0 Å². The molecule has 54 heavy (non-hydrogen) atoms. The largest absolute Gasteiger partial charge is 0.457 e. The van der Waals surface area contributed by atoms with Crippen LogP contribution >= 0.6 is 0 Å². The number of rotatable bonds is 4. The van der Waals surface area contributed by atoms with Crippen molar-refractivity contribution in [3.63, 3.8) is 0 Å². The number of nitrogens with zero attached hydrogens (tertiary/aromatic N) is 5. The first-order valence-electron chi connectivity index (χ1n) is 18.0. The highest BCUT2D eigenvalue weighted by Crippen LogP contribution is 2.62. The summed E-state index contributed by atoms with van der Waals surface area (Å²) in [6.45, 7) is 0. The van der Waals surface area contributed by atoms with Crippen LogP contribution in [0.25, 0.3) is 67.6 Å². The average molecular weight is 692 g/mol. The highest BCUT2D eigenvalue weighted by atomic mass is 16.5. The molecular formula is C48H29N5O. The first-order chi connectivity index (χ1) is 26.7. The van der Waals surface area contributed by atoms with Crippen LogP contribution in [0.5, 0.6) is 11.5 Å². The summed E-state index contributed by atoms with van der Waals surface area (Å²) < 4.78 is 6.61. The highest BCUT2D eigenvalue weighted by molar-refractivity contribution is 5.92. The first-order valence-corrected chi connectivity index (χ1v) is 18.0. The monoisotopic (exact) mass is 691 g/mol. The van der Waals surface area contributed by atoms with Crippen LogP contribution in [0.15, 0.2) is 176 Å². The molecule has 6 nitrogen and oxygen atoms in total. The van der Waals surface area contributed by atoms with Gasteiger partial charge in [0.15, 0.2) is 17.5 Å². The van der Waals surface area contributed by atoms with Crippen molar-refractivity contribution in [2.24, 2.45) is 0 Å². The third-order valence-corrected chi connectivity index (χ3v) is 10.6. The minimum absolute atomic E-state index is 0.615. The van der Waals surface area contributed by atoms with E-state index in [1.807, 2.05) is 103 Å². The van der Waals surface area contributed by atoms with Crippen LogP contribution in [0.2, 0.25) is 0 Å². The van der Waals surface area contributed by atoms with E-state index in [-0.39, 0.29) is 0 Å². The summed E-state index contributed by atoms with van der Waals surface area (Å²) in [6.07, 6.45) is 1.87. The Morgan fingerprint density at radius 3 is 1.59 bits per heavy atom. The van der Waals surface area contributed by atoms with Gasteiger partial charge in [0.05, 0.1) is 28.3 Å². The molecule has 2 aromatic heterocycles. The second-order valence-corrected chi connectivity index (χ2v) is 13.6. The van der Waals surface area contributed by atoms with Crippen LogP contribution in [-0.4, -0.2) is 24.9 Å². The van der Waals surface area contributed by atoms with Crippen molar-refractivity contribution >= 4 is 11.0 Å². The van der Waals surface area contributed by atoms with E-state index in [2.05, 4.69) is 72.8 Å². The lowest BCUT2D eigenvalue weighted by Gasteiger charge is -2.39. The number of benzene rings is 7. The smallest absolute Gasteiger partial charge is 0.164 e. The number of ether oxygens (including phenoxy) is 1. The van der Waals surface area contributed by atoms with Crippen molar-refractivity contribution in [3.8, 4) is 68.0 Å². The lowest BCUT2D eigenvalue weighted by atomic mass is 9.66. The van der Waals surface area contributed by atoms with Crippen LogP contribution in [0.4, 0.5) is 0 Å². The van der Waals surface area contributed by atoms with Gasteiger partial charge in [-0.25, -0.2) is 19.9 Å². The normalized spacial score (nSPS) is 13.1. The van der Waals surface area contributed by atoms with Crippen molar-refractivity contribution in [1.29, 1.82) is 0 Å². The Labute approximate surface area is 311 Å². The van der Waals surface area contributed by atoms with Gasteiger partial charge >= 0.3 is 0 Å². The second-order valence-electron chi connectivity index (χ2n) is 13.6. The van der Waals surface area contributed by atoms with Gasteiger partial charge in [-0.15, -0.1) is 0 Å². The quantitative estimate of drug-likeness (QED) is 0.183. The van der Waals surface area contributed by atoms with Gasteiger partial charge in [-0.05, 0) is 58.7 Å². The first kappa shape index (κ1) is 30.3. The minimum Gasteiger partial charge on any atom is -0.457 e. The van der Waals surface area contributed by atoms with Gasteiger partial charge in [0.1, 0.15) is 11.5 Å².